The van der Waals surface area contributed by atoms with Crippen LogP contribution in [0.2, 0.25) is 0 Å². The number of nitrogens with zero attached hydrogens (tertiary/aromatic N) is 3. The number of hydrogen-bond donors (Lipinski definition) is 0. The molecule has 3 atom stereocenters. The Morgan fingerprint density at radius 3 is 2.83 bits per heavy atom. The Morgan fingerprint density at radius 1 is 1.29 bits per heavy atom. The molecule has 3 heterocycles. The molecule has 2 saturated heterocycles. The number of ether oxygens (including phenoxy) is 1. The number of benzene rings is 1. The number of anilines is 1. The van der Waals surface area contributed by atoms with Crippen molar-refractivity contribution < 1.29 is 9.53 Å². The number of carbonyl (C=O) groups excluding carboxylic acids is 1. The van der Waals surface area contributed by atoms with E-state index in [2.05, 4.69) is 16.8 Å². The lowest BCUT2D eigenvalue weighted by molar-refractivity contribution is -0.157. The van der Waals surface area contributed by atoms with Crippen molar-refractivity contribution in [3.63, 3.8) is 0 Å². The molecule has 2 fully saturated rings. The van der Waals surface area contributed by atoms with Crippen molar-refractivity contribution in [3.8, 4) is 0 Å². The largest absolute Gasteiger partial charge is 0.466 e. The molecule has 0 spiro atoms. The molecule has 24 heavy (non-hydrogen) atoms. The van der Waals surface area contributed by atoms with Crippen LogP contribution < -0.4 is 4.90 Å². The lowest BCUT2D eigenvalue weighted by Crippen LogP contribution is -2.44. The van der Waals surface area contributed by atoms with Crippen molar-refractivity contribution in [1.29, 1.82) is 0 Å². The lowest BCUT2D eigenvalue weighted by Gasteiger charge is -2.34. The summed E-state index contributed by atoms with van der Waals surface area (Å²) in [7, 11) is 0. The monoisotopic (exact) mass is 325 g/mol. The molecule has 2 bridgehead atoms. The van der Waals surface area contributed by atoms with Crippen LogP contribution in [0.15, 0.2) is 30.5 Å². The molecule has 126 valence electrons. The summed E-state index contributed by atoms with van der Waals surface area (Å²) in [6.07, 6.45) is 5.66. The van der Waals surface area contributed by atoms with Gasteiger partial charge in [0, 0.05) is 12.1 Å². The minimum absolute atomic E-state index is 0.0431. The summed E-state index contributed by atoms with van der Waals surface area (Å²) >= 11 is 0. The SMILES string of the molecule is CCOC(=O)[C@@]1(CC)C[C@H]2CC[C@@H]1N2c1cnc2ccccc2n1. The standard InChI is InChI=1S/C19H23N3O2/c1-3-19(18(23)24-4-2)11-13-9-10-16(19)22(13)17-12-20-14-7-5-6-8-15(14)21-17/h5-8,12-13,16H,3-4,9-11H2,1-2H3/t13-,16+,19+/m1/s1. The van der Waals surface area contributed by atoms with Crippen LogP contribution in [0.25, 0.3) is 11.0 Å². The third kappa shape index (κ3) is 2.10. The van der Waals surface area contributed by atoms with Crippen molar-refractivity contribution in [1.82, 2.24) is 9.97 Å². The maximum Gasteiger partial charge on any atom is 0.314 e. The van der Waals surface area contributed by atoms with Crippen LogP contribution in [-0.4, -0.2) is 34.6 Å². The van der Waals surface area contributed by atoms with Gasteiger partial charge in [0.1, 0.15) is 5.82 Å². The van der Waals surface area contributed by atoms with E-state index in [1.54, 1.807) is 0 Å². The highest BCUT2D eigenvalue weighted by molar-refractivity contribution is 5.81. The number of para-hydroxylation sites is 2. The maximum absolute atomic E-state index is 12.7. The van der Waals surface area contributed by atoms with Gasteiger partial charge in [0.05, 0.1) is 29.3 Å². The van der Waals surface area contributed by atoms with E-state index in [9.17, 15) is 4.79 Å². The van der Waals surface area contributed by atoms with Crippen LogP contribution in [-0.2, 0) is 9.53 Å². The smallest absolute Gasteiger partial charge is 0.314 e. The second-order valence-corrected chi connectivity index (χ2v) is 6.81. The van der Waals surface area contributed by atoms with E-state index in [0.29, 0.717) is 12.6 Å². The second-order valence-electron chi connectivity index (χ2n) is 6.81. The molecule has 0 saturated carbocycles. The van der Waals surface area contributed by atoms with Crippen molar-refractivity contribution in [2.75, 3.05) is 11.5 Å². The predicted octanol–water partition coefficient (Wildman–Crippen LogP) is 3.33. The number of fused-ring (bicyclic) bond motifs is 3. The van der Waals surface area contributed by atoms with Gasteiger partial charge in [0.25, 0.3) is 0 Å². The normalized spacial score (nSPS) is 28.5. The van der Waals surface area contributed by atoms with Crippen LogP contribution in [0.3, 0.4) is 0 Å². The zero-order chi connectivity index (χ0) is 16.7. The minimum Gasteiger partial charge on any atom is -0.466 e. The molecule has 2 aromatic rings. The highest BCUT2D eigenvalue weighted by Gasteiger charge is 2.60. The lowest BCUT2D eigenvalue weighted by atomic mass is 9.72. The first-order valence-corrected chi connectivity index (χ1v) is 8.87. The first-order valence-electron chi connectivity index (χ1n) is 8.87. The van der Waals surface area contributed by atoms with Crippen LogP contribution in [0, 0.1) is 5.41 Å². The fourth-order valence-corrected chi connectivity index (χ4v) is 4.62. The summed E-state index contributed by atoms with van der Waals surface area (Å²) in [6.45, 7) is 4.41. The first kappa shape index (κ1) is 15.4. The molecular weight excluding hydrogens is 302 g/mol. The molecule has 1 aromatic carbocycles. The van der Waals surface area contributed by atoms with Crippen LogP contribution in [0.5, 0.6) is 0 Å². The molecule has 5 heteroatoms. The summed E-state index contributed by atoms with van der Waals surface area (Å²) in [5, 5.41) is 0. The molecule has 0 N–H and O–H groups in total. The first-order chi connectivity index (χ1) is 11.7. The molecule has 4 rings (SSSR count). The van der Waals surface area contributed by atoms with E-state index in [0.717, 1.165) is 42.5 Å². The third-order valence-corrected chi connectivity index (χ3v) is 5.75. The summed E-state index contributed by atoms with van der Waals surface area (Å²) in [4.78, 5) is 24.4. The van der Waals surface area contributed by atoms with Gasteiger partial charge in [-0.2, -0.15) is 0 Å². The number of rotatable bonds is 4. The molecule has 2 aliphatic heterocycles. The number of hydrogen-bond acceptors (Lipinski definition) is 5. The summed E-state index contributed by atoms with van der Waals surface area (Å²) in [6, 6.07) is 8.44. The Kier molecular flexibility index (Phi) is 3.66. The van der Waals surface area contributed by atoms with Gasteiger partial charge in [-0.15, -0.1) is 0 Å². The molecule has 0 unspecified atom stereocenters. The fourth-order valence-electron chi connectivity index (χ4n) is 4.62. The van der Waals surface area contributed by atoms with E-state index in [1.165, 1.54) is 0 Å². The summed E-state index contributed by atoms with van der Waals surface area (Å²) in [5.41, 5.74) is 1.41. The topological polar surface area (TPSA) is 55.3 Å². The molecule has 5 nitrogen and oxygen atoms in total. The van der Waals surface area contributed by atoms with Gasteiger partial charge in [0.15, 0.2) is 0 Å². The van der Waals surface area contributed by atoms with Gasteiger partial charge in [-0.25, -0.2) is 4.98 Å². The third-order valence-electron chi connectivity index (χ3n) is 5.75. The average molecular weight is 325 g/mol. The van der Waals surface area contributed by atoms with E-state index in [1.807, 2.05) is 37.4 Å². The zero-order valence-electron chi connectivity index (χ0n) is 14.2. The van der Waals surface area contributed by atoms with E-state index >= 15 is 0 Å². The van der Waals surface area contributed by atoms with E-state index in [4.69, 9.17) is 9.72 Å². The second kappa shape index (κ2) is 5.72. The van der Waals surface area contributed by atoms with Gasteiger partial charge in [-0.1, -0.05) is 19.1 Å². The Morgan fingerprint density at radius 2 is 2.08 bits per heavy atom. The van der Waals surface area contributed by atoms with Gasteiger partial charge < -0.3 is 9.64 Å². The van der Waals surface area contributed by atoms with Gasteiger partial charge in [-0.05, 0) is 44.7 Å². The number of esters is 1. The molecule has 0 amide bonds. The van der Waals surface area contributed by atoms with Crippen molar-refractivity contribution in [2.24, 2.45) is 5.41 Å². The number of aromatic nitrogens is 2. The average Bonchev–Trinajstić information content (AvgIpc) is 3.18. The Labute approximate surface area is 142 Å². The van der Waals surface area contributed by atoms with Crippen molar-refractivity contribution in [3.05, 3.63) is 30.5 Å². The van der Waals surface area contributed by atoms with Crippen LogP contribution in [0.1, 0.15) is 39.5 Å². The van der Waals surface area contributed by atoms with Gasteiger partial charge in [-0.3, -0.25) is 9.78 Å². The zero-order valence-corrected chi connectivity index (χ0v) is 14.2. The molecule has 0 aliphatic carbocycles. The Hall–Kier alpha value is -2.17. The van der Waals surface area contributed by atoms with Crippen LogP contribution in [0.4, 0.5) is 5.82 Å². The highest BCUT2D eigenvalue weighted by Crippen LogP contribution is 2.53. The summed E-state index contributed by atoms with van der Waals surface area (Å²) < 4.78 is 5.43. The molecule has 2 aliphatic rings. The number of carbonyl (C=O) groups is 1. The fraction of sp³-hybridized carbons (Fsp3) is 0.526. The van der Waals surface area contributed by atoms with E-state index < -0.39 is 5.41 Å². The maximum atomic E-state index is 12.7. The predicted molar refractivity (Wildman–Crippen MR) is 92.8 cm³/mol. The van der Waals surface area contributed by atoms with Crippen molar-refractivity contribution in [2.45, 2.75) is 51.6 Å². The summed E-state index contributed by atoms with van der Waals surface area (Å²) in [5.74, 6) is 0.847. The molecule has 1 aromatic heterocycles. The highest BCUT2D eigenvalue weighted by atomic mass is 16.5. The van der Waals surface area contributed by atoms with Gasteiger partial charge >= 0.3 is 5.97 Å². The van der Waals surface area contributed by atoms with Crippen LogP contribution >= 0.6 is 0 Å². The molecular formula is C19H23N3O2. The Bertz CT molecular complexity index is 778. The minimum atomic E-state index is -0.397. The van der Waals surface area contributed by atoms with Crippen molar-refractivity contribution >= 4 is 22.8 Å². The van der Waals surface area contributed by atoms with Gasteiger partial charge in [0.2, 0.25) is 0 Å². The molecule has 0 radical (unpaired) electrons. The quantitative estimate of drug-likeness (QED) is 0.807. The Balaban J connectivity index is 1.72. The van der Waals surface area contributed by atoms with E-state index in [-0.39, 0.29) is 12.0 Å².